The van der Waals surface area contributed by atoms with Gasteiger partial charge in [0.25, 0.3) is 0 Å². The second-order valence-corrected chi connectivity index (χ2v) is 10.2. The lowest BCUT2D eigenvalue weighted by Crippen LogP contribution is -2.59. The number of rotatable bonds is 14. The van der Waals surface area contributed by atoms with Crippen molar-refractivity contribution in [3.63, 3.8) is 0 Å². The minimum atomic E-state index is -1.21. The Balaban J connectivity index is 1.88. The van der Waals surface area contributed by atoms with Gasteiger partial charge in [0.05, 0.1) is 6.04 Å². The van der Waals surface area contributed by atoms with Crippen LogP contribution in [0.1, 0.15) is 31.4 Å². The van der Waals surface area contributed by atoms with Crippen LogP contribution in [0, 0.1) is 5.92 Å². The minimum absolute atomic E-state index is 0.0723. The molecular formula is C29H37N5O5S. The van der Waals surface area contributed by atoms with E-state index in [4.69, 9.17) is 5.73 Å². The van der Waals surface area contributed by atoms with Crippen molar-refractivity contribution in [3.05, 3.63) is 71.9 Å². The molecule has 40 heavy (non-hydrogen) atoms. The molecule has 11 heteroatoms. The summed E-state index contributed by atoms with van der Waals surface area (Å²) in [6, 6.07) is 12.3. The molecule has 0 spiro atoms. The lowest BCUT2D eigenvalue weighted by atomic mass is 9.96. The average Bonchev–Trinajstić information content (AvgIpc) is 3.37. The number of hydrogen-bond donors (Lipinski definition) is 7. The highest BCUT2D eigenvalue weighted by Gasteiger charge is 2.33. The number of nitrogens with two attached hydrogens (primary N) is 1. The molecule has 0 aliphatic carbocycles. The zero-order chi connectivity index (χ0) is 29.2. The Morgan fingerprint density at radius 2 is 1.55 bits per heavy atom. The molecule has 0 aliphatic rings. The van der Waals surface area contributed by atoms with Gasteiger partial charge in [-0.25, -0.2) is 4.79 Å². The van der Waals surface area contributed by atoms with E-state index in [0.717, 1.165) is 22.0 Å². The number of amides is 3. The lowest BCUT2D eigenvalue weighted by Gasteiger charge is -2.28. The number of aromatic nitrogens is 1. The van der Waals surface area contributed by atoms with Crippen LogP contribution >= 0.6 is 12.6 Å². The number of nitrogens with one attached hydrogen (secondary N) is 4. The number of benzene rings is 2. The standard InChI is InChI=1S/C29H37N5O5S/c1-3-17(2)25(34-26(35)21(30)16-40)28(37)32-23(14-19-15-31-22-12-8-7-11-20(19)22)27(36)33-24(29(38)39)13-18-9-5-4-6-10-18/h4-12,15,17,21,23-25,31,40H,3,13-14,16,30H2,1-2H3,(H,32,37)(H,33,36)(H,34,35)(H,38,39). The Labute approximate surface area is 238 Å². The van der Waals surface area contributed by atoms with Crippen molar-refractivity contribution in [2.45, 2.75) is 57.3 Å². The van der Waals surface area contributed by atoms with E-state index in [1.54, 1.807) is 30.5 Å². The number of fused-ring (bicyclic) bond motifs is 1. The van der Waals surface area contributed by atoms with E-state index in [2.05, 4.69) is 33.6 Å². The van der Waals surface area contributed by atoms with Gasteiger partial charge in [0.2, 0.25) is 17.7 Å². The van der Waals surface area contributed by atoms with Gasteiger partial charge in [0.1, 0.15) is 18.1 Å². The molecule has 3 aromatic rings. The van der Waals surface area contributed by atoms with E-state index in [1.807, 2.05) is 44.2 Å². The van der Waals surface area contributed by atoms with Gasteiger partial charge in [0, 0.05) is 35.7 Å². The first-order valence-electron chi connectivity index (χ1n) is 13.2. The Morgan fingerprint density at radius 3 is 2.20 bits per heavy atom. The van der Waals surface area contributed by atoms with Crippen molar-refractivity contribution < 1.29 is 24.3 Å². The summed E-state index contributed by atoms with van der Waals surface area (Å²) in [5.41, 5.74) is 8.18. The van der Waals surface area contributed by atoms with Gasteiger partial charge in [0.15, 0.2) is 0 Å². The van der Waals surface area contributed by atoms with Crippen LogP contribution in [-0.2, 0) is 32.0 Å². The highest BCUT2D eigenvalue weighted by Crippen LogP contribution is 2.20. The summed E-state index contributed by atoms with van der Waals surface area (Å²) in [5.74, 6) is -3.10. The van der Waals surface area contributed by atoms with Gasteiger partial charge < -0.3 is 31.8 Å². The van der Waals surface area contributed by atoms with Crippen molar-refractivity contribution in [2.75, 3.05) is 5.75 Å². The predicted octanol–water partition coefficient (Wildman–Crippen LogP) is 1.80. The van der Waals surface area contributed by atoms with E-state index in [0.29, 0.717) is 6.42 Å². The SMILES string of the molecule is CCC(C)C(NC(=O)C(N)CS)C(=O)NC(Cc1c[nH]c2ccccc12)C(=O)NC(Cc1ccccc1)C(=O)O. The number of para-hydroxylation sites is 1. The molecule has 0 saturated carbocycles. The van der Waals surface area contributed by atoms with Crippen molar-refractivity contribution >= 4 is 47.2 Å². The van der Waals surface area contributed by atoms with Crippen LogP contribution < -0.4 is 21.7 Å². The Hall–Kier alpha value is -3.83. The predicted molar refractivity (Wildman–Crippen MR) is 157 cm³/mol. The summed E-state index contributed by atoms with van der Waals surface area (Å²) in [7, 11) is 0. The van der Waals surface area contributed by atoms with Gasteiger partial charge in [-0.1, -0.05) is 68.8 Å². The molecule has 0 fully saturated rings. The van der Waals surface area contributed by atoms with Crippen molar-refractivity contribution in [2.24, 2.45) is 11.7 Å². The van der Waals surface area contributed by atoms with Crippen LogP contribution in [-0.4, -0.2) is 63.7 Å². The maximum absolute atomic E-state index is 13.6. The highest BCUT2D eigenvalue weighted by molar-refractivity contribution is 7.80. The minimum Gasteiger partial charge on any atom is -0.480 e. The molecule has 10 nitrogen and oxygen atoms in total. The zero-order valence-corrected chi connectivity index (χ0v) is 23.5. The Bertz CT molecular complexity index is 1310. The van der Waals surface area contributed by atoms with Gasteiger partial charge in [-0.2, -0.15) is 12.6 Å². The number of carbonyl (C=O) groups is 4. The smallest absolute Gasteiger partial charge is 0.326 e. The first kappa shape index (κ1) is 30.7. The quantitative estimate of drug-likeness (QED) is 0.147. The maximum Gasteiger partial charge on any atom is 0.326 e. The number of carboxylic acids is 1. The Morgan fingerprint density at radius 1 is 0.900 bits per heavy atom. The van der Waals surface area contributed by atoms with Crippen molar-refractivity contribution in [1.82, 2.24) is 20.9 Å². The zero-order valence-electron chi connectivity index (χ0n) is 22.6. The van der Waals surface area contributed by atoms with Crippen molar-refractivity contribution in [1.29, 1.82) is 0 Å². The molecule has 5 unspecified atom stereocenters. The third-order valence-corrected chi connectivity index (χ3v) is 7.35. The third kappa shape index (κ3) is 8.09. The topological polar surface area (TPSA) is 166 Å². The molecule has 1 aromatic heterocycles. The van der Waals surface area contributed by atoms with Gasteiger partial charge in [-0.15, -0.1) is 0 Å². The molecule has 0 bridgehead atoms. The summed E-state index contributed by atoms with van der Waals surface area (Å²) >= 11 is 4.06. The van der Waals surface area contributed by atoms with Gasteiger partial charge in [-0.05, 0) is 23.1 Å². The second kappa shape index (κ2) is 14.5. The fourth-order valence-corrected chi connectivity index (χ4v) is 4.52. The van der Waals surface area contributed by atoms with Crippen LogP contribution in [0.25, 0.3) is 10.9 Å². The molecule has 7 N–H and O–H groups in total. The molecule has 2 aromatic carbocycles. The number of aromatic amines is 1. The van der Waals surface area contributed by atoms with E-state index in [9.17, 15) is 24.3 Å². The molecule has 1 heterocycles. The van der Waals surface area contributed by atoms with Crippen LogP contribution in [0.4, 0.5) is 0 Å². The molecule has 5 atom stereocenters. The first-order chi connectivity index (χ1) is 19.1. The number of carboxylic acid groups (broad SMARTS) is 1. The van der Waals surface area contributed by atoms with Crippen molar-refractivity contribution in [3.8, 4) is 0 Å². The number of hydrogen-bond acceptors (Lipinski definition) is 6. The van der Waals surface area contributed by atoms with E-state index in [-0.39, 0.29) is 24.5 Å². The van der Waals surface area contributed by atoms with Crippen LogP contribution in [0.3, 0.4) is 0 Å². The summed E-state index contributed by atoms with van der Waals surface area (Å²) in [5, 5.41) is 18.8. The average molecular weight is 568 g/mol. The van der Waals surface area contributed by atoms with E-state index in [1.165, 1.54) is 0 Å². The molecule has 0 aliphatic heterocycles. The molecule has 3 rings (SSSR count). The molecule has 3 amide bonds. The highest BCUT2D eigenvalue weighted by atomic mass is 32.1. The summed E-state index contributed by atoms with van der Waals surface area (Å²) in [6.07, 6.45) is 2.50. The number of H-pyrrole nitrogens is 1. The van der Waals surface area contributed by atoms with Gasteiger partial charge >= 0.3 is 5.97 Å². The summed E-state index contributed by atoms with van der Waals surface area (Å²) in [4.78, 5) is 54.8. The van der Waals surface area contributed by atoms with E-state index < -0.39 is 47.9 Å². The maximum atomic E-state index is 13.6. The molecular weight excluding hydrogens is 530 g/mol. The normalized spacial score (nSPS) is 14.9. The number of carbonyl (C=O) groups excluding carboxylic acids is 3. The monoisotopic (exact) mass is 567 g/mol. The fourth-order valence-electron chi connectivity index (χ4n) is 4.36. The number of thiol groups is 1. The van der Waals surface area contributed by atoms with Crippen LogP contribution in [0.5, 0.6) is 0 Å². The van der Waals surface area contributed by atoms with Crippen LogP contribution in [0.2, 0.25) is 0 Å². The van der Waals surface area contributed by atoms with Gasteiger partial charge in [-0.3, -0.25) is 14.4 Å². The van der Waals surface area contributed by atoms with Crippen LogP contribution in [0.15, 0.2) is 60.8 Å². The third-order valence-electron chi connectivity index (χ3n) is 6.96. The second-order valence-electron chi connectivity index (χ2n) is 9.87. The Kier molecular flexibility index (Phi) is 11.2. The lowest BCUT2D eigenvalue weighted by molar-refractivity contribution is -0.142. The molecule has 214 valence electrons. The summed E-state index contributed by atoms with van der Waals surface area (Å²) < 4.78 is 0. The first-order valence-corrected chi connectivity index (χ1v) is 13.9. The molecule has 0 saturated heterocycles. The molecule has 0 radical (unpaired) electrons. The number of aliphatic carboxylic acids is 1. The fraction of sp³-hybridized carbons (Fsp3) is 0.379. The largest absolute Gasteiger partial charge is 0.480 e. The van der Waals surface area contributed by atoms with E-state index >= 15 is 0 Å². The summed E-state index contributed by atoms with van der Waals surface area (Å²) in [6.45, 7) is 3.69.